The van der Waals surface area contributed by atoms with Crippen LogP contribution in [0.3, 0.4) is 0 Å². The molecule has 5 aromatic rings. The second-order valence-corrected chi connectivity index (χ2v) is 14.7. The number of allylic oxidation sites excluding steroid dienone is 6. The number of H-pyrrole nitrogens is 1. The number of aromatic amines is 1. The predicted molar refractivity (Wildman–Crippen MR) is 246 cm³/mol. The van der Waals surface area contributed by atoms with Crippen LogP contribution < -0.4 is 5.32 Å². The smallest absolute Gasteiger partial charge is 0.337 e. The van der Waals surface area contributed by atoms with E-state index in [4.69, 9.17) is 28.9 Å². The van der Waals surface area contributed by atoms with Gasteiger partial charge in [0.1, 0.15) is 5.71 Å². The summed E-state index contributed by atoms with van der Waals surface area (Å²) in [7, 11) is 5.19. The second-order valence-electron chi connectivity index (χ2n) is 14.7. The normalized spacial score (nSPS) is 16.0. The number of hydrogen-bond acceptors (Lipinski definition) is 12. The maximum Gasteiger partial charge on any atom is 0.337 e. The molecular weight excluding hydrogens is 841 g/mol. The third-order valence-corrected chi connectivity index (χ3v) is 10.8. The summed E-state index contributed by atoms with van der Waals surface area (Å²) in [5.41, 5.74) is 8.89. The molecule has 0 atom stereocenters. The summed E-state index contributed by atoms with van der Waals surface area (Å²) in [6.45, 7) is 0. The van der Waals surface area contributed by atoms with E-state index < -0.39 is 23.9 Å². The molecule has 4 aromatic carbocycles. The van der Waals surface area contributed by atoms with E-state index in [1.807, 2.05) is 24.3 Å². The van der Waals surface area contributed by atoms with Gasteiger partial charge in [0.25, 0.3) is 0 Å². The average Bonchev–Trinajstić information content (AvgIpc) is 4.22. The van der Waals surface area contributed by atoms with Crippen molar-refractivity contribution in [1.29, 1.82) is 0 Å². The Hall–Kier alpha value is -9.04. The van der Waals surface area contributed by atoms with Gasteiger partial charge in [-0.25, -0.2) is 29.2 Å². The molecule has 4 heterocycles. The summed E-state index contributed by atoms with van der Waals surface area (Å²) in [5, 5.41) is 2.88. The van der Waals surface area contributed by atoms with Crippen molar-refractivity contribution in [1.82, 2.24) is 10.3 Å². The minimum absolute atomic E-state index is 0.163. The molecule has 14 heteroatoms. The molecule has 0 spiro atoms. The van der Waals surface area contributed by atoms with E-state index in [2.05, 4.69) is 10.3 Å². The summed E-state index contributed by atoms with van der Waals surface area (Å²) >= 11 is 0. The zero-order chi connectivity index (χ0) is 46.5. The van der Waals surface area contributed by atoms with Crippen molar-refractivity contribution < 1.29 is 47.7 Å². The second kappa shape index (κ2) is 18.7. The number of Topliss-reactive ketones (excluding diaryl/α,β-unsaturated/α-hetero) is 1. The molecule has 0 saturated heterocycles. The zero-order valence-electron chi connectivity index (χ0n) is 35.8. The van der Waals surface area contributed by atoms with Crippen molar-refractivity contribution in [2.45, 2.75) is 0 Å². The number of aromatic nitrogens is 1. The highest BCUT2D eigenvalue weighted by atomic mass is 16.5. The molecule has 0 fully saturated rings. The molecule has 14 nitrogen and oxygen atoms in total. The number of ketones is 1. The maximum atomic E-state index is 13.7. The molecule has 3 aliphatic rings. The zero-order valence-corrected chi connectivity index (χ0v) is 35.8. The fraction of sp³-hybridized carbons (Fsp3) is 0.0769. The van der Waals surface area contributed by atoms with Crippen molar-refractivity contribution in [3.05, 3.63) is 219 Å². The van der Waals surface area contributed by atoms with Gasteiger partial charge in [0, 0.05) is 39.7 Å². The number of rotatable bonds is 12. The summed E-state index contributed by atoms with van der Waals surface area (Å²) in [4.78, 5) is 88.8. The first-order valence-electron chi connectivity index (χ1n) is 20.2. The van der Waals surface area contributed by atoms with Gasteiger partial charge in [0.15, 0.2) is 0 Å². The minimum Gasteiger partial charge on any atom is -0.465 e. The van der Waals surface area contributed by atoms with Crippen molar-refractivity contribution in [3.8, 4) is 0 Å². The van der Waals surface area contributed by atoms with Crippen molar-refractivity contribution in [2.75, 3.05) is 28.4 Å². The number of carbonyl (C=O) groups excluding carboxylic acids is 6. The number of ether oxygens (including phenoxy) is 4. The van der Waals surface area contributed by atoms with Gasteiger partial charge in [-0.05, 0) is 108 Å². The monoisotopic (exact) mass is 878 g/mol. The van der Waals surface area contributed by atoms with Gasteiger partial charge in [0.2, 0.25) is 11.7 Å². The van der Waals surface area contributed by atoms with Crippen LogP contribution in [0.5, 0.6) is 0 Å². The number of amides is 1. The van der Waals surface area contributed by atoms with Gasteiger partial charge in [0.05, 0.1) is 73.5 Å². The molecule has 3 aliphatic heterocycles. The molecule has 8 rings (SSSR count). The molecule has 2 N–H and O–H groups in total. The van der Waals surface area contributed by atoms with Gasteiger partial charge < -0.3 is 29.2 Å². The Morgan fingerprint density at radius 3 is 1.12 bits per heavy atom. The highest BCUT2D eigenvalue weighted by Crippen LogP contribution is 2.37. The van der Waals surface area contributed by atoms with E-state index in [-0.39, 0.29) is 17.4 Å². The van der Waals surface area contributed by atoms with Crippen LogP contribution in [0.1, 0.15) is 79.9 Å². The van der Waals surface area contributed by atoms with Crippen LogP contribution in [-0.4, -0.2) is 80.4 Å². The number of aliphatic imine (C=N–C) groups is 2. The molecule has 1 amide bonds. The van der Waals surface area contributed by atoms with Gasteiger partial charge in [-0.1, -0.05) is 48.5 Å². The van der Waals surface area contributed by atoms with E-state index in [1.165, 1.54) is 58.8 Å². The largest absolute Gasteiger partial charge is 0.465 e. The highest BCUT2D eigenvalue weighted by molar-refractivity contribution is 6.50. The highest BCUT2D eigenvalue weighted by Gasteiger charge is 2.25. The Morgan fingerprint density at radius 1 is 0.394 bits per heavy atom. The molecular formula is C52H38N4O10. The van der Waals surface area contributed by atoms with Crippen LogP contribution >= 0.6 is 0 Å². The van der Waals surface area contributed by atoms with Gasteiger partial charge in [-0.15, -0.1) is 0 Å². The summed E-state index contributed by atoms with van der Waals surface area (Å²) in [6, 6.07) is 30.3. The molecule has 1 aromatic heterocycles. The van der Waals surface area contributed by atoms with Gasteiger partial charge >= 0.3 is 23.9 Å². The number of methoxy groups -OCH3 is 4. The lowest BCUT2D eigenvalue weighted by atomic mass is 9.97. The van der Waals surface area contributed by atoms with Crippen LogP contribution in [-0.2, 0) is 23.7 Å². The Labute approximate surface area is 377 Å². The van der Waals surface area contributed by atoms with E-state index in [0.29, 0.717) is 95.4 Å². The first-order valence-corrected chi connectivity index (χ1v) is 20.2. The van der Waals surface area contributed by atoms with Crippen LogP contribution in [0, 0.1) is 0 Å². The molecule has 0 radical (unpaired) electrons. The van der Waals surface area contributed by atoms with Crippen molar-refractivity contribution >= 4 is 63.7 Å². The van der Waals surface area contributed by atoms with Crippen LogP contribution in [0.2, 0.25) is 0 Å². The fourth-order valence-corrected chi connectivity index (χ4v) is 7.50. The maximum absolute atomic E-state index is 13.7. The third-order valence-electron chi connectivity index (χ3n) is 10.8. The lowest BCUT2D eigenvalue weighted by Gasteiger charge is -2.13. The van der Waals surface area contributed by atoms with Crippen LogP contribution in [0.25, 0.3) is 16.7 Å². The molecule has 0 aliphatic carbocycles. The number of nitrogens with one attached hydrogen (secondary N) is 2. The fourth-order valence-electron chi connectivity index (χ4n) is 7.50. The molecule has 0 bridgehead atoms. The van der Waals surface area contributed by atoms with E-state index >= 15 is 0 Å². The average molecular weight is 879 g/mol. The standard InChI is InChI=1S/C52H38N4O10/c1-63-49(59)33-13-5-29(6-14-33)45(38-23-24-40(54-38)47(42-27-28-44(57)56-42)31-9-17-35(18-10-31)51(61)65-3)37-21-22-39(53-37)46(30-7-15-34(16-8-30)50(60)64-2)41-25-26-43(55-41)48(58)32-11-19-36(20-12-32)52(62)66-4/h5-28,53H,1-4H3,(H,56,57)/b45-38-,46-41+,47-42-. The minimum atomic E-state index is -0.527. The number of esters is 4. The van der Waals surface area contributed by atoms with Crippen molar-refractivity contribution in [2.24, 2.45) is 9.98 Å². The predicted octanol–water partition coefficient (Wildman–Crippen LogP) is 7.68. The topological polar surface area (TPSA) is 192 Å². The quantitative estimate of drug-likeness (QED) is 0.0714. The number of benzene rings is 4. The Balaban J connectivity index is 1.26. The first-order chi connectivity index (χ1) is 32.0. The van der Waals surface area contributed by atoms with Crippen LogP contribution in [0.15, 0.2) is 173 Å². The lowest BCUT2D eigenvalue weighted by molar-refractivity contribution is -0.115. The Kier molecular flexibility index (Phi) is 12.4. The number of hydrogen-bond donors (Lipinski definition) is 2. The van der Waals surface area contributed by atoms with Crippen molar-refractivity contribution in [3.63, 3.8) is 0 Å². The van der Waals surface area contributed by atoms with Gasteiger partial charge in [-0.3, -0.25) is 9.59 Å². The van der Waals surface area contributed by atoms with E-state index in [1.54, 1.807) is 91.0 Å². The molecule has 0 saturated carbocycles. The molecule has 326 valence electrons. The van der Waals surface area contributed by atoms with Crippen LogP contribution in [0.4, 0.5) is 0 Å². The third kappa shape index (κ3) is 8.79. The Bertz CT molecular complexity index is 3100. The molecule has 0 unspecified atom stereocenters. The molecule has 66 heavy (non-hydrogen) atoms. The summed E-state index contributed by atoms with van der Waals surface area (Å²) in [5.74, 6) is -2.70. The SMILES string of the molecule is COC(=O)c1ccc(C(=O)C2=N/C(=C(\c3ccc(C(=O)OC)cc3)c3ccc(/C(=C4/C=CC(C(=C5/C=CC(=O)N5)/c5ccc(C(=O)OC)cc5)=N4)c4ccc(C(=O)OC)cc4)[nH]3)C=C2)cc1. The van der Waals surface area contributed by atoms with E-state index in [9.17, 15) is 28.8 Å². The summed E-state index contributed by atoms with van der Waals surface area (Å²) < 4.78 is 19.6. The first kappa shape index (κ1) is 43.6. The number of carbonyl (C=O) groups is 6. The van der Waals surface area contributed by atoms with E-state index in [0.717, 1.165) is 0 Å². The number of nitrogens with zero attached hydrogens (tertiary/aromatic N) is 2. The van der Waals surface area contributed by atoms with Gasteiger partial charge in [-0.2, -0.15) is 0 Å². The Morgan fingerprint density at radius 2 is 0.742 bits per heavy atom. The lowest BCUT2D eigenvalue weighted by Crippen LogP contribution is -2.16. The summed E-state index contributed by atoms with van der Waals surface area (Å²) in [6.07, 6.45) is 10.1.